The number of benzene rings is 2. The smallest absolute Gasteiger partial charge is 0.253 e. The van der Waals surface area contributed by atoms with Gasteiger partial charge in [0.1, 0.15) is 6.07 Å². The predicted molar refractivity (Wildman–Crippen MR) is 106 cm³/mol. The summed E-state index contributed by atoms with van der Waals surface area (Å²) in [7, 11) is 0. The Hall–Kier alpha value is -3.94. The van der Waals surface area contributed by atoms with E-state index >= 15 is 0 Å². The van der Waals surface area contributed by atoms with Crippen LogP contribution in [0.15, 0.2) is 48.7 Å². The topological polar surface area (TPSA) is 123 Å². The number of rotatable bonds is 4. The van der Waals surface area contributed by atoms with Gasteiger partial charge in [-0.2, -0.15) is 15.6 Å². The first kappa shape index (κ1) is 18.4. The van der Waals surface area contributed by atoms with E-state index in [1.807, 2.05) is 18.2 Å². The number of hydrogen-bond donors (Lipinski definition) is 2. The summed E-state index contributed by atoms with van der Waals surface area (Å²) in [5.41, 5.74) is 10.7. The Labute approximate surface area is 168 Å². The van der Waals surface area contributed by atoms with Crippen molar-refractivity contribution in [2.24, 2.45) is 5.73 Å². The van der Waals surface area contributed by atoms with Crippen LogP contribution in [0.5, 0.6) is 0 Å². The van der Waals surface area contributed by atoms with E-state index in [0.29, 0.717) is 36.3 Å². The molecule has 0 spiro atoms. The molecule has 7 heteroatoms. The molecule has 1 aromatic heterocycles. The third-order valence-electron chi connectivity index (χ3n) is 5.29. The molecule has 2 heterocycles. The first-order valence-electron chi connectivity index (χ1n) is 9.21. The largest absolute Gasteiger partial charge is 0.337 e. The molecule has 1 fully saturated rings. The average molecular weight is 382 g/mol. The molecule has 1 aliphatic heterocycles. The highest BCUT2D eigenvalue weighted by atomic mass is 16.2. The van der Waals surface area contributed by atoms with Crippen LogP contribution in [-0.4, -0.2) is 34.1 Å². The zero-order valence-electron chi connectivity index (χ0n) is 15.6. The summed E-state index contributed by atoms with van der Waals surface area (Å²) in [6.45, 7) is 1.56. The average Bonchev–Trinajstić information content (AvgIpc) is 3.21. The molecule has 2 aromatic carbocycles. The van der Waals surface area contributed by atoms with Gasteiger partial charge in [-0.25, -0.2) is 0 Å². The molecule has 0 radical (unpaired) electrons. The van der Waals surface area contributed by atoms with Crippen LogP contribution in [0, 0.1) is 22.7 Å². The fourth-order valence-corrected chi connectivity index (χ4v) is 3.59. The number of H-pyrrole nitrogens is 1. The number of hydrogen-bond acceptors (Lipinski definition) is 5. The first-order chi connectivity index (χ1) is 14.1. The number of amides is 1. The number of nitrogens with zero attached hydrogens (tertiary/aromatic N) is 4. The SMILES string of the molecule is N#Cc1ccc(C2CN(C(=O)c3ccc(CN)c(-c4c[nH]nc4C#N)c3)C2)cc1. The van der Waals surface area contributed by atoms with E-state index in [-0.39, 0.29) is 17.5 Å². The van der Waals surface area contributed by atoms with Crippen molar-refractivity contribution in [3.8, 4) is 23.3 Å². The zero-order valence-corrected chi connectivity index (χ0v) is 15.6. The molecular formula is C22H18N6O. The van der Waals surface area contributed by atoms with Gasteiger partial charge >= 0.3 is 0 Å². The van der Waals surface area contributed by atoms with E-state index in [4.69, 9.17) is 11.0 Å². The Kier molecular flexibility index (Phi) is 4.82. The van der Waals surface area contributed by atoms with E-state index < -0.39 is 0 Å². The minimum Gasteiger partial charge on any atom is -0.337 e. The second-order valence-electron chi connectivity index (χ2n) is 6.98. The molecule has 142 valence electrons. The van der Waals surface area contributed by atoms with E-state index in [1.165, 1.54) is 0 Å². The number of nitriles is 2. The lowest BCUT2D eigenvalue weighted by Gasteiger charge is -2.39. The minimum atomic E-state index is -0.0540. The van der Waals surface area contributed by atoms with Crippen LogP contribution >= 0.6 is 0 Å². The summed E-state index contributed by atoms with van der Waals surface area (Å²) in [5, 5.41) is 24.8. The first-order valence-corrected chi connectivity index (χ1v) is 9.21. The Bertz CT molecular complexity index is 1140. The highest BCUT2D eigenvalue weighted by Crippen LogP contribution is 2.31. The summed E-state index contributed by atoms with van der Waals surface area (Å²) in [6, 6.07) is 17.0. The van der Waals surface area contributed by atoms with Crippen LogP contribution in [0.2, 0.25) is 0 Å². The fourth-order valence-electron chi connectivity index (χ4n) is 3.59. The molecule has 1 saturated heterocycles. The summed E-state index contributed by atoms with van der Waals surface area (Å²) >= 11 is 0. The standard InChI is InChI=1S/C22H18N6O/c23-8-14-1-3-15(4-2-14)18-12-28(13-18)22(29)16-5-6-17(9-24)19(7-16)20-11-26-27-21(20)10-25/h1-7,11,18H,9,12-13,24H2,(H,26,27). The summed E-state index contributed by atoms with van der Waals surface area (Å²) < 4.78 is 0. The maximum absolute atomic E-state index is 12.9. The third kappa shape index (κ3) is 3.36. The van der Waals surface area contributed by atoms with E-state index in [0.717, 1.165) is 16.7 Å². The van der Waals surface area contributed by atoms with Gasteiger partial charge in [0.05, 0.1) is 11.6 Å². The Balaban J connectivity index is 1.53. The number of aromatic amines is 1. The number of carbonyl (C=O) groups excluding carboxylic acids is 1. The van der Waals surface area contributed by atoms with E-state index in [1.54, 1.807) is 35.4 Å². The third-order valence-corrected chi connectivity index (χ3v) is 5.29. The van der Waals surface area contributed by atoms with E-state index in [9.17, 15) is 10.1 Å². The van der Waals surface area contributed by atoms with Crippen molar-refractivity contribution in [1.82, 2.24) is 15.1 Å². The highest BCUT2D eigenvalue weighted by Gasteiger charge is 2.32. The van der Waals surface area contributed by atoms with Crippen molar-refractivity contribution in [1.29, 1.82) is 10.5 Å². The van der Waals surface area contributed by atoms with Gasteiger partial charge < -0.3 is 10.6 Å². The molecule has 29 heavy (non-hydrogen) atoms. The second kappa shape index (κ2) is 7.59. The maximum atomic E-state index is 12.9. The number of carbonyl (C=O) groups is 1. The quantitative estimate of drug-likeness (QED) is 0.718. The van der Waals surface area contributed by atoms with Crippen LogP contribution in [0.1, 0.15) is 38.7 Å². The summed E-state index contributed by atoms with van der Waals surface area (Å²) in [5.74, 6) is 0.218. The summed E-state index contributed by atoms with van der Waals surface area (Å²) in [4.78, 5) is 14.7. The van der Waals surface area contributed by atoms with Crippen molar-refractivity contribution < 1.29 is 4.79 Å². The highest BCUT2D eigenvalue weighted by molar-refractivity contribution is 5.96. The van der Waals surface area contributed by atoms with Gasteiger partial charge in [0, 0.05) is 42.9 Å². The molecule has 1 aliphatic rings. The maximum Gasteiger partial charge on any atom is 0.253 e. The van der Waals surface area contributed by atoms with Gasteiger partial charge in [-0.1, -0.05) is 18.2 Å². The normalized spacial score (nSPS) is 13.4. The van der Waals surface area contributed by atoms with Crippen LogP contribution in [-0.2, 0) is 6.54 Å². The van der Waals surface area contributed by atoms with E-state index in [2.05, 4.69) is 22.3 Å². The second-order valence-corrected chi connectivity index (χ2v) is 6.98. The van der Waals surface area contributed by atoms with Gasteiger partial charge in [-0.15, -0.1) is 0 Å². The van der Waals surface area contributed by atoms with Crippen LogP contribution in [0.3, 0.4) is 0 Å². The molecule has 0 unspecified atom stereocenters. The van der Waals surface area contributed by atoms with Gasteiger partial charge in [0.2, 0.25) is 0 Å². The molecule has 0 bridgehead atoms. The number of nitrogens with one attached hydrogen (secondary N) is 1. The Morgan fingerprint density at radius 1 is 1.14 bits per heavy atom. The number of aromatic nitrogens is 2. The Morgan fingerprint density at radius 2 is 1.90 bits per heavy atom. The van der Waals surface area contributed by atoms with Gasteiger partial charge in [0.15, 0.2) is 5.69 Å². The Morgan fingerprint density at radius 3 is 2.55 bits per heavy atom. The lowest BCUT2D eigenvalue weighted by molar-refractivity contribution is 0.0602. The van der Waals surface area contributed by atoms with Crippen molar-refractivity contribution in [2.75, 3.05) is 13.1 Å². The molecule has 4 rings (SSSR count). The summed E-state index contributed by atoms with van der Waals surface area (Å²) in [6.07, 6.45) is 1.64. The lowest BCUT2D eigenvalue weighted by atomic mass is 9.90. The zero-order chi connectivity index (χ0) is 20.4. The van der Waals surface area contributed by atoms with Gasteiger partial charge in [0.25, 0.3) is 5.91 Å². The fraction of sp³-hybridized carbons (Fsp3) is 0.182. The monoisotopic (exact) mass is 382 g/mol. The molecule has 0 aliphatic carbocycles. The number of likely N-dealkylation sites (tertiary alicyclic amines) is 1. The van der Waals surface area contributed by atoms with Gasteiger partial charge in [-0.05, 0) is 41.0 Å². The molecular weight excluding hydrogens is 364 g/mol. The van der Waals surface area contributed by atoms with Crippen molar-refractivity contribution >= 4 is 5.91 Å². The molecule has 0 saturated carbocycles. The minimum absolute atomic E-state index is 0.0540. The molecule has 7 nitrogen and oxygen atoms in total. The van der Waals surface area contributed by atoms with Crippen LogP contribution in [0.4, 0.5) is 0 Å². The van der Waals surface area contributed by atoms with Crippen molar-refractivity contribution in [3.63, 3.8) is 0 Å². The van der Waals surface area contributed by atoms with Gasteiger partial charge in [-0.3, -0.25) is 9.89 Å². The van der Waals surface area contributed by atoms with Crippen LogP contribution in [0.25, 0.3) is 11.1 Å². The molecule has 3 aromatic rings. The lowest BCUT2D eigenvalue weighted by Crippen LogP contribution is -2.48. The van der Waals surface area contributed by atoms with Crippen molar-refractivity contribution in [3.05, 3.63) is 76.6 Å². The molecule has 0 atom stereocenters. The molecule has 1 amide bonds. The number of nitrogens with two attached hydrogens (primary N) is 1. The predicted octanol–water partition coefficient (Wildman–Crippen LogP) is 2.52. The molecule has 3 N–H and O–H groups in total. The van der Waals surface area contributed by atoms with Crippen molar-refractivity contribution in [2.45, 2.75) is 12.5 Å². The van der Waals surface area contributed by atoms with Crippen LogP contribution < -0.4 is 5.73 Å².